The minimum atomic E-state index is 0.565. The second kappa shape index (κ2) is 7.90. The van der Waals surface area contributed by atoms with Crippen LogP contribution in [0, 0.1) is 0 Å². The largest absolute Gasteiger partial charge is 0.383 e. The van der Waals surface area contributed by atoms with Gasteiger partial charge in [-0.1, -0.05) is 43.3 Å². The zero-order valence-corrected chi connectivity index (χ0v) is 13.0. The van der Waals surface area contributed by atoms with Gasteiger partial charge in [0.15, 0.2) is 0 Å². The molecule has 114 valence electrons. The molecule has 0 radical (unpaired) electrons. The monoisotopic (exact) mass is 288 g/mol. The van der Waals surface area contributed by atoms with Gasteiger partial charge in [0, 0.05) is 20.2 Å². The van der Waals surface area contributed by atoms with E-state index < -0.39 is 0 Å². The molecule has 0 spiro atoms. The number of nitrogens with zero attached hydrogens (tertiary/aromatic N) is 3. The Balaban J connectivity index is 1.86. The fourth-order valence-corrected chi connectivity index (χ4v) is 2.08. The number of nitrogens with one attached hydrogen (secondary N) is 1. The SMILES string of the molecule is COCCNCc1cn(Cc2ccc(C(C)C)cc2)nn1. The maximum Gasteiger partial charge on any atom is 0.0964 e. The molecule has 0 aliphatic heterocycles. The van der Waals surface area contributed by atoms with E-state index >= 15 is 0 Å². The molecule has 0 saturated carbocycles. The van der Waals surface area contributed by atoms with Crippen molar-refractivity contribution in [1.82, 2.24) is 20.3 Å². The molecule has 0 fully saturated rings. The Morgan fingerprint density at radius 1 is 1.24 bits per heavy atom. The lowest BCUT2D eigenvalue weighted by Gasteiger charge is -2.06. The van der Waals surface area contributed by atoms with E-state index in [1.807, 2.05) is 10.9 Å². The number of rotatable bonds is 8. The Kier molecular flexibility index (Phi) is 5.90. The van der Waals surface area contributed by atoms with Crippen LogP contribution in [0.3, 0.4) is 0 Å². The smallest absolute Gasteiger partial charge is 0.0964 e. The standard InChI is InChI=1S/C16H24N4O/c1-13(2)15-6-4-14(5-7-15)11-20-12-16(18-19-20)10-17-8-9-21-3/h4-7,12-13,17H,8-11H2,1-3H3. The lowest BCUT2D eigenvalue weighted by Crippen LogP contribution is -2.18. The van der Waals surface area contributed by atoms with E-state index in [-0.39, 0.29) is 0 Å². The third-order valence-electron chi connectivity index (χ3n) is 3.37. The third kappa shape index (κ3) is 4.95. The van der Waals surface area contributed by atoms with E-state index in [2.05, 4.69) is 53.7 Å². The Morgan fingerprint density at radius 3 is 2.67 bits per heavy atom. The van der Waals surface area contributed by atoms with Gasteiger partial charge >= 0.3 is 0 Å². The van der Waals surface area contributed by atoms with Crippen molar-refractivity contribution in [3.8, 4) is 0 Å². The van der Waals surface area contributed by atoms with Crippen LogP contribution in [0.2, 0.25) is 0 Å². The molecule has 1 N–H and O–H groups in total. The van der Waals surface area contributed by atoms with Gasteiger partial charge < -0.3 is 10.1 Å². The highest BCUT2D eigenvalue weighted by Crippen LogP contribution is 2.15. The minimum absolute atomic E-state index is 0.565. The number of hydrogen-bond acceptors (Lipinski definition) is 4. The summed E-state index contributed by atoms with van der Waals surface area (Å²) >= 11 is 0. The number of benzene rings is 1. The first-order chi connectivity index (χ1) is 10.2. The molecule has 0 saturated heterocycles. The van der Waals surface area contributed by atoms with Crippen molar-refractivity contribution in [2.45, 2.75) is 32.9 Å². The average Bonchev–Trinajstić information content (AvgIpc) is 2.92. The van der Waals surface area contributed by atoms with Gasteiger partial charge in [-0.05, 0) is 17.0 Å². The normalized spacial score (nSPS) is 11.2. The minimum Gasteiger partial charge on any atom is -0.383 e. The maximum atomic E-state index is 4.99. The lowest BCUT2D eigenvalue weighted by atomic mass is 10.0. The molecular weight excluding hydrogens is 264 g/mol. The molecule has 0 atom stereocenters. The summed E-state index contributed by atoms with van der Waals surface area (Å²) in [7, 11) is 1.70. The van der Waals surface area contributed by atoms with Crippen molar-refractivity contribution < 1.29 is 4.74 Å². The number of aromatic nitrogens is 3. The second-order valence-electron chi connectivity index (χ2n) is 5.47. The fourth-order valence-electron chi connectivity index (χ4n) is 2.08. The molecule has 1 aromatic heterocycles. The molecule has 2 aromatic rings. The topological polar surface area (TPSA) is 52.0 Å². The van der Waals surface area contributed by atoms with Gasteiger partial charge in [-0.3, -0.25) is 0 Å². The predicted octanol–water partition coefficient (Wildman–Crippen LogP) is 2.19. The van der Waals surface area contributed by atoms with E-state index in [1.54, 1.807) is 7.11 Å². The molecule has 5 heteroatoms. The molecule has 0 aliphatic rings. The van der Waals surface area contributed by atoms with Crippen molar-refractivity contribution in [1.29, 1.82) is 0 Å². The zero-order valence-electron chi connectivity index (χ0n) is 13.0. The predicted molar refractivity (Wildman–Crippen MR) is 83.2 cm³/mol. The summed E-state index contributed by atoms with van der Waals surface area (Å²) < 4.78 is 6.86. The van der Waals surface area contributed by atoms with Crippen LogP contribution < -0.4 is 5.32 Å². The Labute approximate surface area is 126 Å². The molecule has 1 aromatic carbocycles. The van der Waals surface area contributed by atoms with Crippen LogP contribution in [0.1, 0.15) is 36.6 Å². The van der Waals surface area contributed by atoms with Gasteiger partial charge in [-0.25, -0.2) is 4.68 Å². The highest BCUT2D eigenvalue weighted by Gasteiger charge is 2.03. The quantitative estimate of drug-likeness (QED) is 0.757. The zero-order chi connectivity index (χ0) is 15.1. The summed E-state index contributed by atoms with van der Waals surface area (Å²) in [6.45, 7) is 7.40. The summed E-state index contributed by atoms with van der Waals surface area (Å²) in [5.41, 5.74) is 3.55. The molecule has 21 heavy (non-hydrogen) atoms. The van der Waals surface area contributed by atoms with Crippen molar-refractivity contribution in [2.24, 2.45) is 0 Å². The molecule has 0 amide bonds. The van der Waals surface area contributed by atoms with Crippen LogP contribution in [0.25, 0.3) is 0 Å². The average molecular weight is 288 g/mol. The molecule has 0 bridgehead atoms. The molecule has 1 heterocycles. The van der Waals surface area contributed by atoms with Crippen molar-refractivity contribution in [2.75, 3.05) is 20.3 Å². The Hall–Kier alpha value is -1.72. The molecular formula is C16H24N4O. The Morgan fingerprint density at radius 2 is 2.00 bits per heavy atom. The Bertz CT molecular complexity index is 533. The van der Waals surface area contributed by atoms with Crippen LogP contribution in [-0.4, -0.2) is 35.3 Å². The highest BCUT2D eigenvalue weighted by molar-refractivity contribution is 5.24. The summed E-state index contributed by atoms with van der Waals surface area (Å²) in [5.74, 6) is 0.565. The highest BCUT2D eigenvalue weighted by atomic mass is 16.5. The van der Waals surface area contributed by atoms with Crippen LogP contribution in [0.4, 0.5) is 0 Å². The van der Waals surface area contributed by atoms with Crippen LogP contribution in [-0.2, 0) is 17.8 Å². The van der Waals surface area contributed by atoms with Gasteiger partial charge in [0.25, 0.3) is 0 Å². The van der Waals surface area contributed by atoms with Crippen LogP contribution >= 0.6 is 0 Å². The van der Waals surface area contributed by atoms with E-state index in [0.29, 0.717) is 12.5 Å². The van der Waals surface area contributed by atoms with E-state index in [9.17, 15) is 0 Å². The van der Waals surface area contributed by atoms with Gasteiger partial charge in [0.1, 0.15) is 0 Å². The van der Waals surface area contributed by atoms with Crippen LogP contribution in [0.5, 0.6) is 0 Å². The number of ether oxygens (including phenoxy) is 1. The van der Waals surface area contributed by atoms with Gasteiger partial charge in [0.05, 0.1) is 25.0 Å². The van der Waals surface area contributed by atoms with Crippen molar-refractivity contribution in [3.63, 3.8) is 0 Å². The summed E-state index contributed by atoms with van der Waals surface area (Å²) in [4.78, 5) is 0. The van der Waals surface area contributed by atoms with Crippen molar-refractivity contribution >= 4 is 0 Å². The summed E-state index contributed by atoms with van der Waals surface area (Å²) in [6, 6.07) is 8.69. The summed E-state index contributed by atoms with van der Waals surface area (Å²) in [5, 5.41) is 11.6. The maximum absolute atomic E-state index is 4.99. The molecule has 0 aliphatic carbocycles. The lowest BCUT2D eigenvalue weighted by molar-refractivity contribution is 0.199. The number of hydrogen-bond donors (Lipinski definition) is 1. The second-order valence-corrected chi connectivity index (χ2v) is 5.47. The summed E-state index contributed by atoms with van der Waals surface area (Å²) in [6.07, 6.45) is 1.98. The third-order valence-corrected chi connectivity index (χ3v) is 3.37. The van der Waals surface area contributed by atoms with E-state index in [0.717, 1.165) is 25.3 Å². The first kappa shape index (κ1) is 15.7. The molecule has 0 unspecified atom stereocenters. The van der Waals surface area contributed by atoms with Gasteiger partial charge in [-0.2, -0.15) is 0 Å². The van der Waals surface area contributed by atoms with E-state index in [4.69, 9.17) is 4.74 Å². The van der Waals surface area contributed by atoms with Gasteiger partial charge in [0.2, 0.25) is 0 Å². The first-order valence-electron chi connectivity index (χ1n) is 7.36. The molecule has 5 nitrogen and oxygen atoms in total. The number of methoxy groups -OCH3 is 1. The molecule has 2 rings (SSSR count). The first-order valence-corrected chi connectivity index (χ1v) is 7.36. The van der Waals surface area contributed by atoms with Crippen LogP contribution in [0.15, 0.2) is 30.5 Å². The van der Waals surface area contributed by atoms with E-state index in [1.165, 1.54) is 11.1 Å². The van der Waals surface area contributed by atoms with Gasteiger partial charge in [-0.15, -0.1) is 5.10 Å². The fraction of sp³-hybridized carbons (Fsp3) is 0.500. The van der Waals surface area contributed by atoms with Crippen molar-refractivity contribution in [3.05, 3.63) is 47.3 Å².